The van der Waals surface area contributed by atoms with Crippen molar-refractivity contribution in [1.82, 2.24) is 9.88 Å². The van der Waals surface area contributed by atoms with Crippen LogP contribution >= 0.6 is 11.6 Å². The molecule has 5 aliphatic rings. The number of likely N-dealkylation sites (tertiary alicyclic amines) is 1. The minimum atomic E-state index is -0.474. The number of hydrogen-bond donors (Lipinski definition) is 2. The first-order valence-corrected chi connectivity index (χ1v) is 13.2. The zero-order valence-electron chi connectivity index (χ0n) is 19.8. The van der Waals surface area contributed by atoms with Crippen LogP contribution in [0.15, 0.2) is 42.7 Å². The van der Waals surface area contributed by atoms with Crippen molar-refractivity contribution < 1.29 is 14.7 Å². The monoisotopic (exact) mass is 493 g/mol. The van der Waals surface area contributed by atoms with Crippen molar-refractivity contribution >= 4 is 29.1 Å². The number of anilines is 1. The summed E-state index contributed by atoms with van der Waals surface area (Å²) >= 11 is 6.58. The van der Waals surface area contributed by atoms with Gasteiger partial charge >= 0.3 is 0 Å². The average molecular weight is 494 g/mol. The van der Waals surface area contributed by atoms with E-state index in [1.54, 1.807) is 18.5 Å². The van der Waals surface area contributed by atoms with E-state index in [1.807, 2.05) is 24.3 Å². The molecule has 2 amide bonds. The third-order valence-corrected chi connectivity index (χ3v) is 9.14. The maximum atomic E-state index is 13.5. The van der Waals surface area contributed by atoms with Gasteiger partial charge in [-0.1, -0.05) is 23.7 Å². The molecule has 3 atom stereocenters. The van der Waals surface area contributed by atoms with Gasteiger partial charge in [0.05, 0.1) is 12.0 Å². The van der Waals surface area contributed by atoms with Gasteiger partial charge in [0.15, 0.2) is 0 Å². The van der Waals surface area contributed by atoms with E-state index in [1.165, 1.54) is 0 Å². The number of nitrogens with zero attached hydrogens (tertiary/aromatic N) is 2. The number of aliphatic hydroxyl groups is 1. The molecule has 5 fully saturated rings. The summed E-state index contributed by atoms with van der Waals surface area (Å²) in [4.78, 5) is 32.0. The summed E-state index contributed by atoms with van der Waals surface area (Å²) < 4.78 is 0. The Kier molecular flexibility index (Phi) is 5.84. The topological polar surface area (TPSA) is 82.5 Å². The summed E-state index contributed by atoms with van der Waals surface area (Å²) in [5, 5.41) is 14.4. The summed E-state index contributed by atoms with van der Waals surface area (Å²) in [5.41, 5.74) is 1.97. The zero-order chi connectivity index (χ0) is 24.2. The molecule has 0 radical (unpaired) electrons. The summed E-state index contributed by atoms with van der Waals surface area (Å²) in [6.45, 7) is 0.810. The number of benzene rings is 1. The second-order valence-corrected chi connectivity index (χ2v) is 11.7. The molecule has 2 heterocycles. The third kappa shape index (κ3) is 4.47. The maximum Gasteiger partial charge on any atom is 0.228 e. The van der Waals surface area contributed by atoms with Gasteiger partial charge < -0.3 is 15.3 Å². The number of carbonyl (C=O) groups excluding carboxylic acids is 2. The summed E-state index contributed by atoms with van der Waals surface area (Å²) in [6, 6.07) is 9.54. The van der Waals surface area contributed by atoms with Gasteiger partial charge in [0.1, 0.15) is 0 Å². The van der Waals surface area contributed by atoms with Crippen LogP contribution in [0.2, 0.25) is 5.02 Å². The highest BCUT2D eigenvalue weighted by Crippen LogP contribution is 2.57. The van der Waals surface area contributed by atoms with Crippen LogP contribution in [0.5, 0.6) is 0 Å². The molecule has 1 saturated heterocycles. The average Bonchev–Trinajstić information content (AvgIpc) is 3.15. The van der Waals surface area contributed by atoms with Gasteiger partial charge in [0.25, 0.3) is 0 Å². The molecule has 184 valence electrons. The lowest BCUT2D eigenvalue weighted by molar-refractivity contribution is -0.168. The molecule has 1 aliphatic heterocycles. The molecule has 4 saturated carbocycles. The van der Waals surface area contributed by atoms with Gasteiger partial charge in [0.2, 0.25) is 11.8 Å². The van der Waals surface area contributed by atoms with E-state index in [9.17, 15) is 14.7 Å². The highest BCUT2D eigenvalue weighted by molar-refractivity contribution is 6.31. The minimum absolute atomic E-state index is 0.0567. The van der Waals surface area contributed by atoms with Crippen LogP contribution in [0.1, 0.15) is 49.7 Å². The zero-order valence-corrected chi connectivity index (χ0v) is 20.6. The molecular weight excluding hydrogens is 462 g/mol. The maximum absolute atomic E-state index is 13.5. The lowest BCUT2D eigenvalue weighted by atomic mass is 9.52. The second-order valence-electron chi connectivity index (χ2n) is 11.3. The van der Waals surface area contributed by atoms with Crippen molar-refractivity contribution in [3.63, 3.8) is 0 Å². The molecule has 2 N–H and O–H groups in total. The molecule has 35 heavy (non-hydrogen) atoms. The van der Waals surface area contributed by atoms with Crippen LogP contribution in [0, 0.1) is 23.7 Å². The Morgan fingerprint density at radius 3 is 2.69 bits per heavy atom. The first-order valence-electron chi connectivity index (χ1n) is 12.9. The Morgan fingerprint density at radius 1 is 1.20 bits per heavy atom. The van der Waals surface area contributed by atoms with Crippen LogP contribution in [0.3, 0.4) is 0 Å². The second kappa shape index (κ2) is 8.90. The predicted octanol–water partition coefficient (Wildman–Crippen LogP) is 4.25. The van der Waals surface area contributed by atoms with E-state index in [0.29, 0.717) is 40.9 Å². The smallest absolute Gasteiger partial charge is 0.228 e. The van der Waals surface area contributed by atoms with E-state index >= 15 is 0 Å². The van der Waals surface area contributed by atoms with E-state index in [4.69, 9.17) is 11.6 Å². The van der Waals surface area contributed by atoms with Crippen molar-refractivity contribution in [2.75, 3.05) is 11.9 Å². The Hall–Kier alpha value is -2.44. The standard InChI is InChI=1S/C28H32ClN3O3/c29-24-12-23(31-25(33)10-17-2-1-6-30-16-17)4-3-19(24)11-20-5-7-32(27(20)34)26-21-8-18-9-22(26)15-28(35,13-18)14-21/h1-4,6,12,16,18,20-22,26,35H,5,7-11,13-15H2,(H,31,33). The molecule has 1 aromatic heterocycles. The van der Waals surface area contributed by atoms with Crippen LogP contribution < -0.4 is 5.32 Å². The molecule has 4 bridgehead atoms. The summed E-state index contributed by atoms with van der Waals surface area (Å²) in [6.07, 6.45) is 10.1. The molecule has 7 heteroatoms. The number of aromatic nitrogens is 1. The number of halogens is 1. The Labute approximate surface area is 211 Å². The number of pyridine rings is 1. The normalized spacial score (nSPS) is 33.4. The van der Waals surface area contributed by atoms with Gasteiger partial charge in [-0.15, -0.1) is 0 Å². The quantitative estimate of drug-likeness (QED) is 0.630. The molecule has 0 spiro atoms. The highest BCUT2D eigenvalue weighted by Gasteiger charge is 2.57. The molecule has 3 unspecified atom stereocenters. The fraction of sp³-hybridized carbons (Fsp3) is 0.536. The van der Waals surface area contributed by atoms with Crippen LogP contribution in [0.4, 0.5) is 5.69 Å². The summed E-state index contributed by atoms with van der Waals surface area (Å²) in [7, 11) is 0. The van der Waals surface area contributed by atoms with Crippen molar-refractivity contribution in [3.8, 4) is 0 Å². The van der Waals surface area contributed by atoms with Gasteiger partial charge in [0, 0.05) is 41.6 Å². The number of carbonyl (C=O) groups is 2. The van der Waals surface area contributed by atoms with Crippen molar-refractivity contribution in [3.05, 3.63) is 58.9 Å². The third-order valence-electron chi connectivity index (χ3n) is 8.79. The SMILES string of the molecule is O=C(Cc1cccnc1)Nc1ccc(CC2CCN(C3C4CC5CC3CC(O)(C5)C4)C2=O)c(Cl)c1. The van der Waals surface area contributed by atoms with Crippen molar-refractivity contribution in [2.24, 2.45) is 23.7 Å². The van der Waals surface area contributed by atoms with Gasteiger partial charge in [-0.2, -0.15) is 0 Å². The van der Waals surface area contributed by atoms with Gasteiger partial charge in [-0.05, 0) is 92.0 Å². The Balaban J connectivity index is 1.08. The first-order chi connectivity index (χ1) is 16.9. The van der Waals surface area contributed by atoms with Crippen LogP contribution in [-0.2, 0) is 22.4 Å². The lowest BCUT2D eigenvalue weighted by Crippen LogP contribution is -2.62. The molecule has 1 aromatic carbocycles. The van der Waals surface area contributed by atoms with Crippen LogP contribution in [-0.4, -0.2) is 45.0 Å². The number of nitrogens with one attached hydrogen (secondary N) is 1. The lowest BCUT2D eigenvalue weighted by Gasteiger charge is -2.59. The molecule has 2 aromatic rings. The molecule has 6 nitrogen and oxygen atoms in total. The number of amides is 2. The van der Waals surface area contributed by atoms with E-state index < -0.39 is 5.60 Å². The first kappa shape index (κ1) is 23.0. The van der Waals surface area contributed by atoms with Gasteiger partial charge in [-0.25, -0.2) is 0 Å². The fourth-order valence-electron chi connectivity index (χ4n) is 7.66. The molecular formula is C28H32ClN3O3. The fourth-order valence-corrected chi connectivity index (χ4v) is 7.92. The van der Waals surface area contributed by atoms with Crippen molar-refractivity contribution in [2.45, 2.75) is 63.0 Å². The number of hydrogen-bond acceptors (Lipinski definition) is 4. The van der Waals surface area contributed by atoms with E-state index in [2.05, 4.69) is 15.2 Å². The predicted molar refractivity (Wildman–Crippen MR) is 134 cm³/mol. The van der Waals surface area contributed by atoms with Crippen molar-refractivity contribution in [1.29, 1.82) is 0 Å². The Bertz CT molecular complexity index is 1120. The minimum Gasteiger partial charge on any atom is -0.390 e. The number of rotatable bonds is 6. The van der Waals surface area contributed by atoms with E-state index in [0.717, 1.165) is 56.2 Å². The van der Waals surface area contributed by atoms with Gasteiger partial charge in [-0.3, -0.25) is 14.6 Å². The molecule has 7 rings (SSSR count). The highest BCUT2D eigenvalue weighted by atomic mass is 35.5. The van der Waals surface area contributed by atoms with E-state index in [-0.39, 0.29) is 24.2 Å². The largest absolute Gasteiger partial charge is 0.390 e. The van der Waals surface area contributed by atoms with Crippen LogP contribution in [0.25, 0.3) is 0 Å². The molecule has 4 aliphatic carbocycles. The summed E-state index contributed by atoms with van der Waals surface area (Å²) in [5.74, 6) is 1.62. The Morgan fingerprint density at radius 2 is 2.00 bits per heavy atom.